The standard InChI is InChI=1S/C13H26N2O/c1-14-6-4-11(5-7-14)10-15(2)12-8-13(9-12)16-3/h11-13H,4-10H2,1-3H3/t12-,13-. The van der Waals surface area contributed by atoms with Crippen LogP contribution in [0.5, 0.6) is 0 Å². The quantitative estimate of drug-likeness (QED) is 0.721. The van der Waals surface area contributed by atoms with Crippen LogP contribution in [0, 0.1) is 5.92 Å². The van der Waals surface area contributed by atoms with E-state index in [2.05, 4.69) is 23.9 Å². The molecule has 0 atom stereocenters. The molecule has 16 heavy (non-hydrogen) atoms. The van der Waals surface area contributed by atoms with Gasteiger partial charge in [-0.3, -0.25) is 0 Å². The lowest BCUT2D eigenvalue weighted by Gasteiger charge is -2.42. The molecule has 0 unspecified atom stereocenters. The van der Waals surface area contributed by atoms with Crippen molar-refractivity contribution in [1.29, 1.82) is 0 Å². The molecule has 2 rings (SSSR count). The van der Waals surface area contributed by atoms with Gasteiger partial charge in [0.2, 0.25) is 0 Å². The lowest BCUT2D eigenvalue weighted by atomic mass is 9.87. The molecule has 3 nitrogen and oxygen atoms in total. The van der Waals surface area contributed by atoms with Gasteiger partial charge in [-0.1, -0.05) is 0 Å². The van der Waals surface area contributed by atoms with Crippen LogP contribution in [0.1, 0.15) is 25.7 Å². The third kappa shape index (κ3) is 2.96. The van der Waals surface area contributed by atoms with Crippen LogP contribution in [0.3, 0.4) is 0 Å². The minimum atomic E-state index is 0.532. The van der Waals surface area contributed by atoms with Crippen molar-refractivity contribution >= 4 is 0 Å². The zero-order valence-electron chi connectivity index (χ0n) is 11.0. The van der Waals surface area contributed by atoms with Crippen molar-refractivity contribution in [1.82, 2.24) is 9.80 Å². The van der Waals surface area contributed by atoms with E-state index < -0.39 is 0 Å². The molecular formula is C13H26N2O. The average Bonchev–Trinajstić information content (AvgIpc) is 2.20. The summed E-state index contributed by atoms with van der Waals surface area (Å²) in [6.45, 7) is 3.85. The van der Waals surface area contributed by atoms with Gasteiger partial charge in [-0.15, -0.1) is 0 Å². The predicted molar refractivity (Wildman–Crippen MR) is 66.7 cm³/mol. The van der Waals surface area contributed by atoms with Gasteiger partial charge in [-0.25, -0.2) is 0 Å². The molecule has 1 heterocycles. The fraction of sp³-hybridized carbons (Fsp3) is 1.00. The van der Waals surface area contributed by atoms with Crippen LogP contribution < -0.4 is 0 Å². The molecule has 0 aromatic carbocycles. The predicted octanol–water partition coefficient (Wildman–Crippen LogP) is 1.44. The van der Waals surface area contributed by atoms with Gasteiger partial charge in [0.05, 0.1) is 6.10 Å². The summed E-state index contributed by atoms with van der Waals surface area (Å²) >= 11 is 0. The van der Waals surface area contributed by atoms with Gasteiger partial charge in [0.15, 0.2) is 0 Å². The number of rotatable bonds is 4. The van der Waals surface area contributed by atoms with Gasteiger partial charge in [-0.2, -0.15) is 0 Å². The van der Waals surface area contributed by atoms with Crippen LogP contribution in [0.15, 0.2) is 0 Å². The molecule has 0 spiro atoms. The Morgan fingerprint density at radius 1 is 1.25 bits per heavy atom. The number of nitrogens with zero attached hydrogens (tertiary/aromatic N) is 2. The van der Waals surface area contributed by atoms with Crippen LogP contribution in [0.4, 0.5) is 0 Å². The fourth-order valence-electron chi connectivity index (χ4n) is 2.89. The Kier molecular flexibility index (Phi) is 4.22. The Morgan fingerprint density at radius 2 is 1.88 bits per heavy atom. The third-order valence-electron chi connectivity index (χ3n) is 4.41. The fourth-order valence-corrected chi connectivity index (χ4v) is 2.89. The summed E-state index contributed by atoms with van der Waals surface area (Å²) in [5.41, 5.74) is 0. The molecule has 1 aliphatic carbocycles. The van der Waals surface area contributed by atoms with Gasteiger partial charge in [-0.05, 0) is 58.8 Å². The molecule has 94 valence electrons. The van der Waals surface area contributed by atoms with Crippen LogP contribution >= 0.6 is 0 Å². The van der Waals surface area contributed by atoms with E-state index in [4.69, 9.17) is 4.74 Å². The molecule has 2 aliphatic rings. The number of methoxy groups -OCH3 is 1. The zero-order chi connectivity index (χ0) is 11.5. The molecule has 0 aromatic heterocycles. The summed E-state index contributed by atoms with van der Waals surface area (Å²) < 4.78 is 5.34. The zero-order valence-corrected chi connectivity index (χ0v) is 11.0. The summed E-state index contributed by atoms with van der Waals surface area (Å²) in [5.74, 6) is 0.919. The summed E-state index contributed by atoms with van der Waals surface area (Å²) in [5, 5.41) is 0. The summed E-state index contributed by atoms with van der Waals surface area (Å²) in [7, 11) is 6.35. The molecule has 0 amide bonds. The van der Waals surface area contributed by atoms with Crippen LogP contribution in [-0.2, 0) is 4.74 Å². The third-order valence-corrected chi connectivity index (χ3v) is 4.41. The van der Waals surface area contributed by atoms with Crippen molar-refractivity contribution in [3.8, 4) is 0 Å². The topological polar surface area (TPSA) is 15.7 Å². The normalized spacial score (nSPS) is 33.0. The van der Waals surface area contributed by atoms with Gasteiger partial charge < -0.3 is 14.5 Å². The Labute approximate surface area is 99.7 Å². The first kappa shape index (κ1) is 12.3. The van der Waals surface area contributed by atoms with Crippen molar-refractivity contribution in [3.63, 3.8) is 0 Å². The van der Waals surface area contributed by atoms with Crippen molar-refractivity contribution in [2.45, 2.75) is 37.8 Å². The van der Waals surface area contributed by atoms with E-state index >= 15 is 0 Å². The molecule has 1 aliphatic heterocycles. The maximum absolute atomic E-state index is 5.34. The van der Waals surface area contributed by atoms with Crippen molar-refractivity contribution < 1.29 is 4.74 Å². The number of hydrogen-bond donors (Lipinski definition) is 0. The maximum atomic E-state index is 5.34. The van der Waals surface area contributed by atoms with E-state index in [0.717, 1.165) is 12.0 Å². The second kappa shape index (κ2) is 5.48. The second-order valence-electron chi connectivity index (χ2n) is 5.67. The van der Waals surface area contributed by atoms with Crippen molar-refractivity contribution in [2.24, 2.45) is 5.92 Å². The number of ether oxygens (including phenoxy) is 1. The van der Waals surface area contributed by atoms with Gasteiger partial charge in [0.25, 0.3) is 0 Å². The summed E-state index contributed by atoms with van der Waals surface area (Å²) in [6, 6.07) is 0.782. The molecule has 0 N–H and O–H groups in total. The van der Waals surface area contributed by atoms with Gasteiger partial charge in [0, 0.05) is 19.7 Å². The van der Waals surface area contributed by atoms with Crippen LogP contribution in [0.25, 0.3) is 0 Å². The van der Waals surface area contributed by atoms with E-state index in [1.54, 1.807) is 0 Å². The number of piperidine rings is 1. The second-order valence-corrected chi connectivity index (χ2v) is 5.67. The van der Waals surface area contributed by atoms with E-state index in [0.29, 0.717) is 6.10 Å². The molecule has 1 saturated carbocycles. The average molecular weight is 226 g/mol. The molecule has 1 saturated heterocycles. The SMILES string of the molecule is CO[C@H]1C[C@H](N(C)CC2CCN(C)CC2)C1. The van der Waals surface area contributed by atoms with Crippen LogP contribution in [-0.4, -0.2) is 62.8 Å². The van der Waals surface area contributed by atoms with Gasteiger partial charge in [0.1, 0.15) is 0 Å². The lowest BCUT2D eigenvalue weighted by Crippen LogP contribution is -2.48. The van der Waals surface area contributed by atoms with Crippen molar-refractivity contribution in [3.05, 3.63) is 0 Å². The largest absolute Gasteiger partial charge is 0.381 e. The first-order valence-electron chi connectivity index (χ1n) is 6.60. The highest BCUT2D eigenvalue weighted by Crippen LogP contribution is 2.28. The number of hydrogen-bond acceptors (Lipinski definition) is 3. The molecule has 0 bridgehead atoms. The van der Waals surface area contributed by atoms with Gasteiger partial charge >= 0.3 is 0 Å². The molecular weight excluding hydrogens is 200 g/mol. The Hall–Kier alpha value is -0.120. The molecule has 3 heteroatoms. The first-order valence-corrected chi connectivity index (χ1v) is 6.60. The Morgan fingerprint density at radius 3 is 2.44 bits per heavy atom. The van der Waals surface area contributed by atoms with Crippen molar-refractivity contribution in [2.75, 3.05) is 40.8 Å². The Bertz CT molecular complexity index is 208. The smallest absolute Gasteiger partial charge is 0.0601 e. The lowest BCUT2D eigenvalue weighted by molar-refractivity contribution is -0.0250. The molecule has 0 aromatic rings. The Balaban J connectivity index is 1.66. The monoisotopic (exact) mass is 226 g/mol. The maximum Gasteiger partial charge on any atom is 0.0601 e. The highest BCUT2D eigenvalue weighted by atomic mass is 16.5. The van der Waals surface area contributed by atoms with Crippen LogP contribution in [0.2, 0.25) is 0 Å². The molecule has 0 radical (unpaired) electrons. The summed E-state index contributed by atoms with van der Waals surface area (Å²) in [6.07, 6.45) is 5.76. The highest BCUT2D eigenvalue weighted by molar-refractivity contribution is 4.87. The van der Waals surface area contributed by atoms with E-state index in [-0.39, 0.29) is 0 Å². The minimum Gasteiger partial charge on any atom is -0.381 e. The number of likely N-dealkylation sites (tertiary alicyclic amines) is 1. The highest BCUT2D eigenvalue weighted by Gasteiger charge is 2.32. The molecule has 2 fully saturated rings. The minimum absolute atomic E-state index is 0.532. The van der Waals surface area contributed by atoms with E-state index in [9.17, 15) is 0 Å². The van der Waals surface area contributed by atoms with E-state index in [1.807, 2.05) is 7.11 Å². The van der Waals surface area contributed by atoms with E-state index in [1.165, 1.54) is 45.3 Å². The first-order chi connectivity index (χ1) is 7.69. The summed E-state index contributed by atoms with van der Waals surface area (Å²) in [4.78, 5) is 5.01.